The molecule has 0 saturated carbocycles. The number of hydrogen-bond acceptors (Lipinski definition) is 2. The van der Waals surface area contributed by atoms with Crippen LogP contribution in [0.25, 0.3) is 0 Å². The first-order valence-corrected chi connectivity index (χ1v) is 6.30. The quantitative estimate of drug-likeness (QED) is 0.879. The van der Waals surface area contributed by atoms with Gasteiger partial charge in [-0.15, -0.1) is 0 Å². The molecule has 2 nitrogen and oxygen atoms in total. The van der Waals surface area contributed by atoms with Crippen molar-refractivity contribution < 1.29 is 0 Å². The highest BCUT2D eigenvalue weighted by atomic mass is 15.0. The summed E-state index contributed by atoms with van der Waals surface area (Å²) in [4.78, 5) is 4.36. The van der Waals surface area contributed by atoms with Crippen LogP contribution >= 0.6 is 0 Å². The molecule has 0 aliphatic carbocycles. The molecular formula is C16H20N2. The highest BCUT2D eigenvalue weighted by Crippen LogP contribution is 2.23. The van der Waals surface area contributed by atoms with Crippen molar-refractivity contribution in [1.82, 2.24) is 4.98 Å². The van der Waals surface area contributed by atoms with Gasteiger partial charge in [0.25, 0.3) is 0 Å². The number of aromatic nitrogens is 1. The summed E-state index contributed by atoms with van der Waals surface area (Å²) in [6.07, 6.45) is 1.82. The Morgan fingerprint density at radius 3 is 2.44 bits per heavy atom. The van der Waals surface area contributed by atoms with Gasteiger partial charge in [0.2, 0.25) is 0 Å². The Hall–Kier alpha value is -1.83. The van der Waals surface area contributed by atoms with E-state index in [2.05, 4.69) is 67.5 Å². The summed E-state index contributed by atoms with van der Waals surface area (Å²) >= 11 is 0. The lowest BCUT2D eigenvalue weighted by molar-refractivity contribution is 0.556. The van der Waals surface area contributed by atoms with Crippen molar-refractivity contribution >= 4 is 5.82 Å². The molecule has 0 bridgehead atoms. The van der Waals surface area contributed by atoms with E-state index in [9.17, 15) is 0 Å². The third-order valence-corrected chi connectivity index (χ3v) is 3.26. The van der Waals surface area contributed by atoms with Crippen LogP contribution in [0, 0.1) is 6.92 Å². The minimum Gasteiger partial charge on any atom is -0.369 e. The van der Waals surface area contributed by atoms with Crippen molar-refractivity contribution in [3.63, 3.8) is 0 Å². The first kappa shape index (κ1) is 12.6. The predicted octanol–water partition coefficient (Wildman–Crippen LogP) is 3.78. The molecule has 0 atom stereocenters. The van der Waals surface area contributed by atoms with Crippen molar-refractivity contribution in [2.75, 3.05) is 11.9 Å². The van der Waals surface area contributed by atoms with E-state index >= 15 is 0 Å². The van der Waals surface area contributed by atoms with Crippen LogP contribution in [0.15, 0.2) is 48.7 Å². The van der Waals surface area contributed by atoms with E-state index in [1.807, 2.05) is 12.3 Å². The lowest BCUT2D eigenvalue weighted by Gasteiger charge is -2.26. The molecule has 1 aromatic carbocycles. The number of pyridine rings is 1. The SMILES string of the molecule is Cc1cccnc1NCC(C)(C)c1ccccc1. The van der Waals surface area contributed by atoms with E-state index < -0.39 is 0 Å². The number of nitrogens with zero attached hydrogens (tertiary/aromatic N) is 1. The molecule has 1 N–H and O–H groups in total. The number of anilines is 1. The molecule has 0 radical (unpaired) electrons. The maximum absolute atomic E-state index is 4.36. The van der Waals surface area contributed by atoms with Gasteiger partial charge in [-0.25, -0.2) is 4.98 Å². The van der Waals surface area contributed by atoms with Gasteiger partial charge in [0.1, 0.15) is 5.82 Å². The summed E-state index contributed by atoms with van der Waals surface area (Å²) in [5.74, 6) is 0.974. The van der Waals surface area contributed by atoms with Crippen molar-refractivity contribution in [1.29, 1.82) is 0 Å². The van der Waals surface area contributed by atoms with E-state index in [0.29, 0.717) is 0 Å². The third kappa shape index (κ3) is 2.89. The second-order valence-corrected chi connectivity index (χ2v) is 5.27. The minimum atomic E-state index is 0.0885. The van der Waals surface area contributed by atoms with Crippen LogP contribution in [0.4, 0.5) is 5.82 Å². The van der Waals surface area contributed by atoms with Gasteiger partial charge >= 0.3 is 0 Å². The lowest BCUT2D eigenvalue weighted by atomic mass is 9.84. The smallest absolute Gasteiger partial charge is 0.128 e. The average Bonchev–Trinajstić information content (AvgIpc) is 2.39. The Kier molecular flexibility index (Phi) is 3.66. The summed E-state index contributed by atoms with van der Waals surface area (Å²) in [6, 6.07) is 14.6. The van der Waals surface area contributed by atoms with Crippen molar-refractivity contribution in [2.24, 2.45) is 0 Å². The van der Waals surface area contributed by atoms with Crippen molar-refractivity contribution in [2.45, 2.75) is 26.2 Å². The first-order valence-electron chi connectivity index (χ1n) is 6.30. The molecular weight excluding hydrogens is 220 g/mol. The molecule has 0 unspecified atom stereocenters. The monoisotopic (exact) mass is 240 g/mol. The fraction of sp³-hybridized carbons (Fsp3) is 0.312. The molecule has 0 aliphatic rings. The Bertz CT molecular complexity index is 504. The Morgan fingerprint density at radius 1 is 1.06 bits per heavy atom. The molecule has 94 valence electrons. The summed E-state index contributed by atoms with van der Waals surface area (Å²) in [5.41, 5.74) is 2.61. The number of hydrogen-bond donors (Lipinski definition) is 1. The predicted molar refractivity (Wildman–Crippen MR) is 76.9 cm³/mol. The molecule has 2 aromatic rings. The summed E-state index contributed by atoms with van der Waals surface area (Å²) < 4.78 is 0. The third-order valence-electron chi connectivity index (χ3n) is 3.26. The van der Waals surface area contributed by atoms with Gasteiger partial charge in [-0.1, -0.05) is 50.2 Å². The van der Waals surface area contributed by atoms with Gasteiger partial charge in [0.05, 0.1) is 0 Å². The van der Waals surface area contributed by atoms with Crippen LogP contribution in [0.5, 0.6) is 0 Å². The first-order chi connectivity index (χ1) is 8.59. The van der Waals surface area contributed by atoms with Gasteiger partial charge in [0.15, 0.2) is 0 Å². The molecule has 0 spiro atoms. The largest absolute Gasteiger partial charge is 0.369 e. The zero-order chi connectivity index (χ0) is 13.0. The average molecular weight is 240 g/mol. The molecule has 1 aromatic heterocycles. The van der Waals surface area contributed by atoms with E-state index in [4.69, 9.17) is 0 Å². The topological polar surface area (TPSA) is 24.9 Å². The number of rotatable bonds is 4. The fourth-order valence-electron chi connectivity index (χ4n) is 1.97. The summed E-state index contributed by atoms with van der Waals surface area (Å²) in [7, 11) is 0. The molecule has 2 rings (SSSR count). The molecule has 0 fully saturated rings. The molecule has 0 aliphatic heterocycles. The van der Waals surface area contributed by atoms with E-state index in [1.54, 1.807) is 0 Å². The van der Waals surface area contributed by atoms with Crippen LogP contribution in [-0.4, -0.2) is 11.5 Å². The van der Waals surface area contributed by atoms with Gasteiger partial charge < -0.3 is 5.32 Å². The lowest BCUT2D eigenvalue weighted by Crippen LogP contribution is -2.28. The Morgan fingerprint density at radius 2 is 1.78 bits per heavy atom. The van der Waals surface area contributed by atoms with Gasteiger partial charge in [-0.3, -0.25) is 0 Å². The van der Waals surface area contributed by atoms with E-state index in [0.717, 1.165) is 12.4 Å². The molecule has 0 saturated heterocycles. The highest BCUT2D eigenvalue weighted by molar-refractivity contribution is 5.43. The zero-order valence-corrected chi connectivity index (χ0v) is 11.3. The highest BCUT2D eigenvalue weighted by Gasteiger charge is 2.20. The fourth-order valence-corrected chi connectivity index (χ4v) is 1.97. The Labute approximate surface area is 109 Å². The maximum Gasteiger partial charge on any atom is 0.128 e. The van der Waals surface area contributed by atoms with E-state index in [1.165, 1.54) is 11.1 Å². The molecule has 2 heteroatoms. The van der Waals surface area contributed by atoms with Crippen molar-refractivity contribution in [3.8, 4) is 0 Å². The molecule has 1 heterocycles. The number of aryl methyl sites for hydroxylation is 1. The van der Waals surface area contributed by atoms with Gasteiger partial charge in [0, 0.05) is 18.2 Å². The maximum atomic E-state index is 4.36. The van der Waals surface area contributed by atoms with Gasteiger partial charge in [-0.2, -0.15) is 0 Å². The van der Waals surface area contributed by atoms with Crippen LogP contribution in [-0.2, 0) is 5.41 Å². The molecule has 18 heavy (non-hydrogen) atoms. The second kappa shape index (κ2) is 5.21. The number of nitrogens with one attached hydrogen (secondary N) is 1. The standard InChI is InChI=1S/C16H20N2/c1-13-8-7-11-17-15(13)18-12-16(2,3)14-9-5-4-6-10-14/h4-11H,12H2,1-3H3,(H,17,18). The van der Waals surface area contributed by atoms with Crippen molar-refractivity contribution in [3.05, 3.63) is 59.8 Å². The molecule has 0 amide bonds. The number of benzene rings is 1. The zero-order valence-electron chi connectivity index (χ0n) is 11.3. The van der Waals surface area contributed by atoms with Gasteiger partial charge in [-0.05, 0) is 24.1 Å². The normalized spacial score (nSPS) is 11.3. The second-order valence-electron chi connectivity index (χ2n) is 5.27. The Balaban J connectivity index is 2.08. The minimum absolute atomic E-state index is 0.0885. The van der Waals surface area contributed by atoms with Crippen LogP contribution in [0.1, 0.15) is 25.0 Å². The van der Waals surface area contributed by atoms with E-state index in [-0.39, 0.29) is 5.41 Å². The summed E-state index contributed by atoms with van der Waals surface area (Å²) in [6.45, 7) is 7.43. The van der Waals surface area contributed by atoms with Crippen LogP contribution in [0.3, 0.4) is 0 Å². The van der Waals surface area contributed by atoms with Crippen LogP contribution < -0.4 is 5.32 Å². The summed E-state index contributed by atoms with van der Waals surface area (Å²) in [5, 5.41) is 3.44. The van der Waals surface area contributed by atoms with Crippen LogP contribution in [0.2, 0.25) is 0 Å².